The van der Waals surface area contributed by atoms with E-state index in [0.29, 0.717) is 5.69 Å². The van der Waals surface area contributed by atoms with E-state index in [4.69, 9.17) is 0 Å². The molecule has 1 saturated heterocycles. The van der Waals surface area contributed by atoms with Gasteiger partial charge in [-0.2, -0.15) is 0 Å². The van der Waals surface area contributed by atoms with Crippen LogP contribution in [0.4, 0.5) is 10.1 Å². The quantitative estimate of drug-likeness (QED) is 0.759. The van der Waals surface area contributed by atoms with Gasteiger partial charge in [-0.3, -0.25) is 13.9 Å². The molecule has 4 nitrogen and oxygen atoms in total. The van der Waals surface area contributed by atoms with Crippen molar-refractivity contribution in [2.24, 2.45) is 0 Å². The minimum atomic E-state index is -1.35. The van der Waals surface area contributed by atoms with Gasteiger partial charge in [-0.15, -0.1) is 0 Å². The van der Waals surface area contributed by atoms with E-state index in [2.05, 4.69) is 0 Å². The molecule has 1 unspecified atom stereocenters. The summed E-state index contributed by atoms with van der Waals surface area (Å²) in [5.41, 5.74) is 0.553. The highest BCUT2D eigenvalue weighted by Crippen LogP contribution is 2.25. The first-order valence-corrected chi connectivity index (χ1v) is 6.65. The van der Waals surface area contributed by atoms with Gasteiger partial charge in [0.2, 0.25) is 0 Å². The molecule has 0 bridgehead atoms. The molecule has 6 heteroatoms. The second kappa shape index (κ2) is 4.89. The molecule has 1 aliphatic heterocycles. The Morgan fingerprint density at radius 2 is 1.94 bits per heavy atom. The number of carbonyl (C=O) groups is 1. The number of nitrogens with zero attached hydrogens (tertiary/aromatic N) is 2. The monoisotopic (exact) mass is 268 g/mol. The molecular formula is C12H13FN2O2S. The van der Waals surface area contributed by atoms with E-state index in [1.165, 1.54) is 29.2 Å². The lowest BCUT2D eigenvalue weighted by atomic mass is 10.3. The van der Waals surface area contributed by atoms with Gasteiger partial charge in [0.05, 0.1) is 10.8 Å². The molecule has 0 spiro atoms. The van der Waals surface area contributed by atoms with Crippen molar-refractivity contribution in [2.45, 2.75) is 0 Å². The molecule has 0 radical (unpaired) electrons. The van der Waals surface area contributed by atoms with Crippen LogP contribution in [0.3, 0.4) is 0 Å². The summed E-state index contributed by atoms with van der Waals surface area (Å²) in [6, 6.07) is 5.56. The van der Waals surface area contributed by atoms with Gasteiger partial charge in [0.25, 0.3) is 5.91 Å². The zero-order chi connectivity index (χ0) is 13.3. The number of benzene rings is 1. The van der Waals surface area contributed by atoms with Gasteiger partial charge in [-0.1, -0.05) is 0 Å². The second-order valence-corrected chi connectivity index (χ2v) is 5.53. The number of amides is 1. The molecule has 0 aliphatic carbocycles. The van der Waals surface area contributed by atoms with Gasteiger partial charge in [-0.25, -0.2) is 4.39 Å². The van der Waals surface area contributed by atoms with Gasteiger partial charge in [0, 0.05) is 26.0 Å². The van der Waals surface area contributed by atoms with E-state index in [1.807, 2.05) is 0 Å². The first kappa shape index (κ1) is 12.8. The Hall–Kier alpha value is -1.69. The lowest BCUT2D eigenvalue weighted by molar-refractivity contribution is -0.114. The second-order valence-electron chi connectivity index (χ2n) is 4.14. The van der Waals surface area contributed by atoms with Crippen molar-refractivity contribution in [2.75, 3.05) is 24.9 Å². The summed E-state index contributed by atoms with van der Waals surface area (Å²) < 4.78 is 24.7. The smallest absolute Gasteiger partial charge is 0.269 e. The summed E-state index contributed by atoms with van der Waals surface area (Å²) in [5, 5.41) is 0. The molecule has 1 atom stereocenters. The molecule has 1 aromatic rings. The number of hydrogen-bond acceptors (Lipinski definition) is 3. The number of hydrogen-bond donors (Lipinski definition) is 0. The molecule has 1 heterocycles. The minimum absolute atomic E-state index is 0.115. The molecule has 0 N–H and O–H groups in total. The highest BCUT2D eigenvalue weighted by Gasteiger charge is 2.33. The van der Waals surface area contributed by atoms with Gasteiger partial charge in [0.1, 0.15) is 16.6 Å². The zero-order valence-electron chi connectivity index (χ0n) is 10.1. The summed E-state index contributed by atoms with van der Waals surface area (Å²) in [6.45, 7) is 0. The van der Waals surface area contributed by atoms with Crippen LogP contribution in [0.1, 0.15) is 0 Å². The van der Waals surface area contributed by atoms with E-state index in [-0.39, 0.29) is 22.5 Å². The third-order valence-corrected chi connectivity index (χ3v) is 3.72. The Morgan fingerprint density at radius 1 is 1.33 bits per heavy atom. The third-order valence-electron chi connectivity index (χ3n) is 2.46. The largest absolute Gasteiger partial charge is 0.382 e. The predicted octanol–water partition coefficient (Wildman–Crippen LogP) is 1.28. The maximum Gasteiger partial charge on any atom is 0.269 e. The molecular weight excluding hydrogens is 255 g/mol. The van der Waals surface area contributed by atoms with E-state index in [1.54, 1.807) is 25.2 Å². The number of rotatable bonds is 2. The highest BCUT2D eigenvalue weighted by molar-refractivity contribution is 7.90. The van der Waals surface area contributed by atoms with Crippen LogP contribution in [-0.4, -0.2) is 35.0 Å². The predicted molar refractivity (Wildman–Crippen MR) is 68.7 cm³/mol. The van der Waals surface area contributed by atoms with Crippen LogP contribution >= 0.6 is 0 Å². The lowest BCUT2D eigenvalue weighted by Gasteiger charge is -2.13. The lowest BCUT2D eigenvalue weighted by Crippen LogP contribution is -2.24. The fraction of sp³-hybridized carbons (Fsp3) is 0.250. The summed E-state index contributed by atoms with van der Waals surface area (Å²) in [5.74, 6) is -0.548. The summed E-state index contributed by atoms with van der Waals surface area (Å²) in [6.07, 6.45) is 1.56. The summed E-state index contributed by atoms with van der Waals surface area (Å²) in [7, 11) is 2.18. The normalized spacial score (nSPS) is 21.7. The summed E-state index contributed by atoms with van der Waals surface area (Å²) in [4.78, 5) is 15.4. The third kappa shape index (κ3) is 2.43. The van der Waals surface area contributed by atoms with Crippen LogP contribution < -0.4 is 4.90 Å². The fourth-order valence-corrected chi connectivity index (χ4v) is 2.91. The average Bonchev–Trinajstić information content (AvgIpc) is 2.58. The van der Waals surface area contributed by atoms with Crippen molar-refractivity contribution in [1.29, 1.82) is 0 Å². The van der Waals surface area contributed by atoms with Crippen LogP contribution in [0.2, 0.25) is 0 Å². The van der Waals surface area contributed by atoms with Crippen LogP contribution in [0, 0.1) is 5.82 Å². The molecule has 96 valence electrons. The SMILES string of the molecule is CN(C)/C=C1\C(=O)N(c2ccc(F)cc2)CS1=O. The first-order valence-electron chi connectivity index (χ1n) is 5.33. The molecule has 0 aromatic heterocycles. The highest BCUT2D eigenvalue weighted by atomic mass is 32.2. The van der Waals surface area contributed by atoms with E-state index >= 15 is 0 Å². The maximum absolute atomic E-state index is 12.8. The van der Waals surface area contributed by atoms with Crippen LogP contribution in [0.5, 0.6) is 0 Å². The Bertz CT molecular complexity index is 525. The average molecular weight is 268 g/mol. The molecule has 0 saturated carbocycles. The van der Waals surface area contributed by atoms with Crippen molar-refractivity contribution in [3.8, 4) is 0 Å². The van der Waals surface area contributed by atoms with Gasteiger partial charge < -0.3 is 4.90 Å². The van der Waals surface area contributed by atoms with E-state index in [9.17, 15) is 13.4 Å². The molecule has 1 aliphatic rings. The number of carbonyl (C=O) groups excluding carboxylic acids is 1. The Balaban J connectivity index is 2.31. The molecule has 2 rings (SSSR count). The molecule has 1 amide bonds. The Kier molecular flexibility index (Phi) is 3.47. The van der Waals surface area contributed by atoms with Gasteiger partial charge >= 0.3 is 0 Å². The van der Waals surface area contributed by atoms with Crippen molar-refractivity contribution in [3.63, 3.8) is 0 Å². The van der Waals surface area contributed by atoms with Gasteiger partial charge in [0.15, 0.2) is 0 Å². The van der Waals surface area contributed by atoms with E-state index < -0.39 is 10.8 Å². The fourth-order valence-electron chi connectivity index (χ4n) is 1.64. The van der Waals surface area contributed by atoms with Crippen molar-refractivity contribution in [1.82, 2.24) is 4.90 Å². The summed E-state index contributed by atoms with van der Waals surface area (Å²) >= 11 is 0. The van der Waals surface area contributed by atoms with Gasteiger partial charge in [-0.05, 0) is 24.3 Å². The molecule has 1 fully saturated rings. The number of halogens is 1. The van der Waals surface area contributed by atoms with Crippen molar-refractivity contribution >= 4 is 22.4 Å². The van der Waals surface area contributed by atoms with Crippen molar-refractivity contribution in [3.05, 3.63) is 41.2 Å². The Labute approximate surface area is 107 Å². The topological polar surface area (TPSA) is 40.6 Å². The van der Waals surface area contributed by atoms with Crippen LogP contribution in [-0.2, 0) is 15.6 Å². The molecule has 18 heavy (non-hydrogen) atoms. The Morgan fingerprint density at radius 3 is 2.50 bits per heavy atom. The van der Waals surface area contributed by atoms with Crippen molar-refractivity contribution < 1.29 is 13.4 Å². The standard InChI is InChI=1S/C12H13FN2O2S/c1-14(2)7-11-12(16)15(8-18(11)17)10-5-3-9(13)4-6-10/h3-7H,8H2,1-2H3/b11-7+. The van der Waals surface area contributed by atoms with E-state index in [0.717, 1.165) is 0 Å². The maximum atomic E-state index is 12.8. The van der Waals surface area contributed by atoms with Crippen LogP contribution in [0.15, 0.2) is 35.4 Å². The minimum Gasteiger partial charge on any atom is -0.382 e. The van der Waals surface area contributed by atoms with Crippen LogP contribution in [0.25, 0.3) is 0 Å². The zero-order valence-corrected chi connectivity index (χ0v) is 10.9. The molecule has 1 aromatic carbocycles. The number of anilines is 1. The first-order chi connectivity index (χ1) is 8.49.